The summed E-state index contributed by atoms with van der Waals surface area (Å²) < 4.78 is 36.7. The van der Waals surface area contributed by atoms with Gasteiger partial charge in [0, 0.05) is 18.1 Å². The van der Waals surface area contributed by atoms with Gasteiger partial charge in [0.25, 0.3) is 0 Å². The number of pyridine rings is 2. The van der Waals surface area contributed by atoms with Crippen molar-refractivity contribution in [3.8, 4) is 0 Å². The summed E-state index contributed by atoms with van der Waals surface area (Å²) in [4.78, 5) is 7.69. The van der Waals surface area contributed by atoms with Gasteiger partial charge in [-0.1, -0.05) is 46.2 Å². The third kappa shape index (κ3) is 9.86. The Morgan fingerprint density at radius 1 is 0.857 bits per heavy atom. The fourth-order valence-corrected chi connectivity index (χ4v) is 2.46. The smallest absolute Gasteiger partial charge is 0.261 e. The highest BCUT2D eigenvalue weighted by Crippen LogP contribution is 2.27. The second-order valence-corrected chi connectivity index (χ2v) is 7.84. The van der Waals surface area contributed by atoms with Crippen LogP contribution in [0.2, 0.25) is 0 Å². The summed E-state index contributed by atoms with van der Waals surface area (Å²) in [6.45, 7) is 10.8. The van der Waals surface area contributed by atoms with Crippen LogP contribution in [0.1, 0.15) is 69.5 Å². The molecule has 1 unspecified atom stereocenters. The standard InChI is InChI=1S/C12H16F3N.C11H17N/c1-3-9(2)4-5-10-6-7-11(16-8-10)12(13,14)15;1-9(2)4-6-11-7-5-10(3)12-8-11/h6-9H,3-5H2,1-2H3;5,7-9H,4,6H2,1-3H3. The lowest BCUT2D eigenvalue weighted by molar-refractivity contribution is -0.141. The van der Waals surface area contributed by atoms with Crippen molar-refractivity contribution in [3.05, 3.63) is 59.2 Å². The first-order valence-corrected chi connectivity index (χ1v) is 10.1. The van der Waals surface area contributed by atoms with Crippen LogP contribution < -0.4 is 0 Å². The number of hydrogen-bond donors (Lipinski definition) is 0. The molecule has 0 fully saturated rings. The molecule has 2 nitrogen and oxygen atoms in total. The minimum atomic E-state index is -4.34. The predicted molar refractivity (Wildman–Crippen MR) is 109 cm³/mol. The average Bonchev–Trinajstić information content (AvgIpc) is 2.65. The zero-order chi connectivity index (χ0) is 21.2. The van der Waals surface area contributed by atoms with Crippen LogP contribution >= 0.6 is 0 Å². The van der Waals surface area contributed by atoms with Crippen molar-refractivity contribution in [2.24, 2.45) is 11.8 Å². The Hall–Kier alpha value is -1.91. The van der Waals surface area contributed by atoms with Gasteiger partial charge in [-0.05, 0) is 67.7 Å². The number of rotatable bonds is 7. The Labute approximate surface area is 167 Å². The van der Waals surface area contributed by atoms with E-state index in [1.165, 1.54) is 24.2 Å². The first-order valence-electron chi connectivity index (χ1n) is 10.1. The molecule has 0 aromatic carbocycles. The van der Waals surface area contributed by atoms with Gasteiger partial charge in [0.2, 0.25) is 0 Å². The number of aryl methyl sites for hydroxylation is 3. The number of aromatic nitrogens is 2. The maximum Gasteiger partial charge on any atom is 0.433 e. The topological polar surface area (TPSA) is 25.8 Å². The number of nitrogens with zero attached hydrogens (tertiary/aromatic N) is 2. The van der Waals surface area contributed by atoms with Crippen molar-refractivity contribution < 1.29 is 13.2 Å². The van der Waals surface area contributed by atoms with Gasteiger partial charge in [-0.2, -0.15) is 13.2 Å². The van der Waals surface area contributed by atoms with Crippen LogP contribution in [0.25, 0.3) is 0 Å². The second kappa shape index (κ2) is 11.8. The third-order valence-corrected chi connectivity index (χ3v) is 4.72. The first kappa shape index (κ1) is 24.1. The second-order valence-electron chi connectivity index (χ2n) is 7.84. The molecular weight excluding hydrogens is 361 g/mol. The molecule has 156 valence electrons. The van der Waals surface area contributed by atoms with Gasteiger partial charge in [0.1, 0.15) is 5.69 Å². The maximum absolute atomic E-state index is 12.2. The molecule has 0 amide bonds. The zero-order valence-corrected chi connectivity index (χ0v) is 17.7. The van der Waals surface area contributed by atoms with E-state index in [0.717, 1.165) is 48.9 Å². The summed E-state index contributed by atoms with van der Waals surface area (Å²) in [6, 6.07) is 6.81. The van der Waals surface area contributed by atoms with E-state index in [4.69, 9.17) is 0 Å². The maximum atomic E-state index is 12.2. The normalized spacial score (nSPS) is 12.5. The van der Waals surface area contributed by atoms with Gasteiger partial charge in [-0.25, -0.2) is 0 Å². The molecule has 0 aliphatic rings. The van der Waals surface area contributed by atoms with Crippen molar-refractivity contribution in [2.75, 3.05) is 0 Å². The molecule has 2 rings (SSSR count). The molecule has 0 spiro atoms. The van der Waals surface area contributed by atoms with Crippen molar-refractivity contribution >= 4 is 0 Å². The monoisotopic (exact) mass is 394 g/mol. The van der Waals surface area contributed by atoms with E-state index in [-0.39, 0.29) is 0 Å². The van der Waals surface area contributed by atoms with Crippen LogP contribution in [0, 0.1) is 18.8 Å². The van der Waals surface area contributed by atoms with Gasteiger partial charge < -0.3 is 0 Å². The Kier molecular flexibility index (Phi) is 10.2. The lowest BCUT2D eigenvalue weighted by atomic mass is 10.00. The minimum absolute atomic E-state index is 0.599. The summed E-state index contributed by atoms with van der Waals surface area (Å²) in [7, 11) is 0. The molecule has 2 heterocycles. The average molecular weight is 395 g/mol. The Bertz CT molecular complexity index is 662. The highest BCUT2D eigenvalue weighted by molar-refractivity contribution is 5.16. The fourth-order valence-electron chi connectivity index (χ4n) is 2.46. The molecule has 0 saturated carbocycles. The molecule has 28 heavy (non-hydrogen) atoms. The summed E-state index contributed by atoms with van der Waals surface area (Å²) >= 11 is 0. The zero-order valence-electron chi connectivity index (χ0n) is 17.7. The molecule has 2 aromatic heterocycles. The first-order chi connectivity index (χ1) is 13.1. The van der Waals surface area contributed by atoms with Gasteiger partial charge in [0.05, 0.1) is 0 Å². The van der Waals surface area contributed by atoms with E-state index >= 15 is 0 Å². The van der Waals surface area contributed by atoms with Gasteiger partial charge in [0.15, 0.2) is 0 Å². The van der Waals surface area contributed by atoms with Crippen LogP contribution in [-0.2, 0) is 19.0 Å². The molecule has 0 radical (unpaired) electrons. The van der Waals surface area contributed by atoms with Crippen LogP contribution in [0.3, 0.4) is 0 Å². The predicted octanol–water partition coefficient (Wildman–Crippen LogP) is 7.06. The molecule has 5 heteroatoms. The molecule has 0 bridgehead atoms. The number of halogens is 3. The van der Waals surface area contributed by atoms with E-state index in [2.05, 4.69) is 49.8 Å². The van der Waals surface area contributed by atoms with E-state index in [1.54, 1.807) is 0 Å². The van der Waals surface area contributed by atoms with E-state index in [1.807, 2.05) is 13.1 Å². The number of hydrogen-bond acceptors (Lipinski definition) is 2. The molecule has 2 aromatic rings. The molecule has 0 aliphatic heterocycles. The summed E-state index contributed by atoms with van der Waals surface area (Å²) in [5.41, 5.74) is 2.51. The molecule has 0 aliphatic carbocycles. The third-order valence-electron chi connectivity index (χ3n) is 4.72. The van der Waals surface area contributed by atoms with Crippen molar-refractivity contribution in [3.63, 3.8) is 0 Å². The van der Waals surface area contributed by atoms with Crippen molar-refractivity contribution in [2.45, 2.75) is 72.9 Å². The van der Waals surface area contributed by atoms with Gasteiger partial charge in [-0.15, -0.1) is 0 Å². The van der Waals surface area contributed by atoms with E-state index in [9.17, 15) is 13.2 Å². The molecule has 1 atom stereocenters. The van der Waals surface area contributed by atoms with Gasteiger partial charge in [-0.3, -0.25) is 9.97 Å². The lowest BCUT2D eigenvalue weighted by Gasteiger charge is -2.09. The quantitative estimate of drug-likeness (QED) is 0.502. The lowest BCUT2D eigenvalue weighted by Crippen LogP contribution is -2.07. The minimum Gasteiger partial charge on any atom is -0.261 e. The van der Waals surface area contributed by atoms with Crippen LogP contribution in [0.5, 0.6) is 0 Å². The Balaban J connectivity index is 0.000000292. The molecule has 0 saturated heterocycles. The largest absolute Gasteiger partial charge is 0.433 e. The van der Waals surface area contributed by atoms with Crippen LogP contribution in [0.4, 0.5) is 13.2 Å². The SMILES string of the molecule is CCC(C)CCc1ccc(C(F)(F)F)nc1.Cc1ccc(CCC(C)C)cn1. The molecular formula is C23H33F3N2. The van der Waals surface area contributed by atoms with E-state index in [0.29, 0.717) is 5.92 Å². The summed E-state index contributed by atoms with van der Waals surface area (Å²) in [6.07, 6.45) is 4.26. The highest BCUT2D eigenvalue weighted by Gasteiger charge is 2.31. The Morgan fingerprint density at radius 2 is 1.43 bits per heavy atom. The van der Waals surface area contributed by atoms with Crippen LogP contribution in [-0.4, -0.2) is 9.97 Å². The van der Waals surface area contributed by atoms with E-state index < -0.39 is 11.9 Å². The van der Waals surface area contributed by atoms with Gasteiger partial charge >= 0.3 is 6.18 Å². The van der Waals surface area contributed by atoms with Crippen molar-refractivity contribution in [1.82, 2.24) is 9.97 Å². The van der Waals surface area contributed by atoms with Crippen LogP contribution in [0.15, 0.2) is 36.7 Å². The van der Waals surface area contributed by atoms with Crippen molar-refractivity contribution in [1.29, 1.82) is 0 Å². The summed E-state index contributed by atoms with van der Waals surface area (Å²) in [5, 5.41) is 0. The Morgan fingerprint density at radius 3 is 1.86 bits per heavy atom. The highest BCUT2D eigenvalue weighted by atomic mass is 19.4. The summed E-state index contributed by atoms with van der Waals surface area (Å²) in [5.74, 6) is 1.38. The number of alkyl halides is 3. The molecule has 0 N–H and O–H groups in total. The fraction of sp³-hybridized carbons (Fsp3) is 0.565.